The molecule has 0 aromatic carbocycles. The Morgan fingerprint density at radius 3 is 2.45 bits per heavy atom. The molecule has 0 heterocycles. The van der Waals surface area contributed by atoms with E-state index in [-0.39, 0.29) is 6.10 Å². The van der Waals surface area contributed by atoms with Crippen molar-refractivity contribution >= 4 is 0 Å². The zero-order chi connectivity index (χ0) is 22.2. The number of aliphatic hydroxyl groups excluding tert-OH is 1. The van der Waals surface area contributed by atoms with Crippen LogP contribution in [0.2, 0.25) is 0 Å². The molecule has 31 heavy (non-hydrogen) atoms. The highest BCUT2D eigenvalue weighted by atomic mass is 16.3. The molecule has 1 nitrogen and oxygen atoms in total. The van der Waals surface area contributed by atoms with E-state index >= 15 is 0 Å². The van der Waals surface area contributed by atoms with Gasteiger partial charge in [-0.15, -0.1) is 0 Å². The molecule has 0 saturated heterocycles. The van der Waals surface area contributed by atoms with Crippen molar-refractivity contribution in [3.63, 3.8) is 0 Å². The van der Waals surface area contributed by atoms with Crippen LogP contribution in [0.15, 0.2) is 11.6 Å². The van der Waals surface area contributed by atoms with Gasteiger partial charge in [0.05, 0.1) is 6.10 Å². The Morgan fingerprint density at radius 2 is 1.77 bits per heavy atom. The molecule has 0 aromatic heterocycles. The van der Waals surface area contributed by atoms with E-state index in [2.05, 4.69) is 47.6 Å². The first kappa shape index (κ1) is 22.5. The number of aliphatic hydroxyl groups is 1. The van der Waals surface area contributed by atoms with Crippen LogP contribution in [0.4, 0.5) is 0 Å². The van der Waals surface area contributed by atoms with E-state index in [9.17, 15) is 5.11 Å². The number of hydrogen-bond donors (Lipinski definition) is 1. The molecule has 10 atom stereocenters. The third-order valence-corrected chi connectivity index (χ3v) is 12.6. The van der Waals surface area contributed by atoms with Crippen LogP contribution in [0.25, 0.3) is 0 Å². The van der Waals surface area contributed by atoms with E-state index in [1.165, 1.54) is 57.8 Å². The maximum Gasteiger partial charge on any atom is 0.0577 e. The first-order valence-corrected chi connectivity index (χ1v) is 14.0. The molecule has 1 unspecified atom stereocenters. The summed E-state index contributed by atoms with van der Waals surface area (Å²) in [5.41, 5.74) is 3.27. The van der Waals surface area contributed by atoms with Gasteiger partial charge in [-0.25, -0.2) is 0 Å². The van der Waals surface area contributed by atoms with Crippen LogP contribution in [0.5, 0.6) is 0 Å². The molecule has 5 aliphatic rings. The summed E-state index contributed by atoms with van der Waals surface area (Å²) in [6.45, 7) is 15.3. The SMILES string of the molecule is CC(C)[C@@]1(CC[C@@H](C)[C@H]2CC[C@H]3[C@@H]4CC=C5CC(O)CC[C@]5(C)[C@H]4CC[C@]23C)C[C@@H]1C. The van der Waals surface area contributed by atoms with Crippen LogP contribution in [0.1, 0.15) is 112 Å². The van der Waals surface area contributed by atoms with Gasteiger partial charge in [0.15, 0.2) is 0 Å². The van der Waals surface area contributed by atoms with Crippen molar-refractivity contribution in [3.8, 4) is 0 Å². The topological polar surface area (TPSA) is 20.2 Å². The van der Waals surface area contributed by atoms with E-state index in [0.717, 1.165) is 54.3 Å². The minimum Gasteiger partial charge on any atom is -0.393 e. The summed E-state index contributed by atoms with van der Waals surface area (Å²) in [5.74, 6) is 6.39. The van der Waals surface area contributed by atoms with Crippen molar-refractivity contribution in [3.05, 3.63) is 11.6 Å². The Hall–Kier alpha value is -0.300. The predicted octanol–water partition coefficient (Wildman–Crippen LogP) is 8.02. The van der Waals surface area contributed by atoms with Crippen LogP contribution < -0.4 is 0 Å². The molecule has 4 fully saturated rings. The second-order valence-electron chi connectivity index (χ2n) is 13.9. The molecule has 1 N–H and O–H groups in total. The van der Waals surface area contributed by atoms with Gasteiger partial charge in [-0.3, -0.25) is 0 Å². The highest BCUT2D eigenvalue weighted by Crippen LogP contribution is 2.68. The van der Waals surface area contributed by atoms with Crippen molar-refractivity contribution in [2.75, 3.05) is 0 Å². The van der Waals surface area contributed by atoms with Crippen molar-refractivity contribution < 1.29 is 5.11 Å². The van der Waals surface area contributed by atoms with Crippen molar-refractivity contribution in [2.24, 2.45) is 57.7 Å². The second-order valence-corrected chi connectivity index (χ2v) is 13.9. The summed E-state index contributed by atoms with van der Waals surface area (Å²) in [7, 11) is 0. The summed E-state index contributed by atoms with van der Waals surface area (Å²) in [6.07, 6.45) is 17.3. The molecule has 0 aliphatic heterocycles. The molecule has 4 saturated carbocycles. The van der Waals surface area contributed by atoms with Crippen LogP contribution in [0, 0.1) is 57.7 Å². The van der Waals surface area contributed by atoms with Gasteiger partial charge in [0.25, 0.3) is 0 Å². The average molecular weight is 427 g/mol. The first-order chi connectivity index (χ1) is 14.6. The highest BCUT2D eigenvalue weighted by Gasteiger charge is 2.59. The third kappa shape index (κ3) is 3.33. The lowest BCUT2D eigenvalue weighted by molar-refractivity contribution is -0.0576. The monoisotopic (exact) mass is 426 g/mol. The standard InChI is InChI=1S/C30H50O/c1-19(2)30(18-21(30)4)16-11-20(3)25-9-10-26-24-8-7-22-17-23(31)12-14-28(22,5)27(24)13-15-29(25,26)6/h7,19-21,23-27,31H,8-18H2,1-6H3/t20-,21+,23?,24+,25-,26+,27+,28+,29-,30-/m1/s1. The molecule has 0 bridgehead atoms. The fourth-order valence-electron chi connectivity index (χ4n) is 10.3. The normalized spacial score (nSPS) is 52.2. The number of hydrogen-bond acceptors (Lipinski definition) is 1. The number of allylic oxidation sites excluding steroid dienone is 1. The fraction of sp³-hybridized carbons (Fsp3) is 0.933. The van der Waals surface area contributed by atoms with E-state index in [0.29, 0.717) is 16.2 Å². The molecule has 0 spiro atoms. The highest BCUT2D eigenvalue weighted by molar-refractivity contribution is 5.25. The minimum absolute atomic E-state index is 0.0789. The first-order valence-electron chi connectivity index (χ1n) is 14.0. The smallest absolute Gasteiger partial charge is 0.0577 e. The summed E-state index contributed by atoms with van der Waals surface area (Å²) < 4.78 is 0. The third-order valence-electron chi connectivity index (χ3n) is 12.6. The molecular formula is C30H50O. The molecule has 1 heteroatoms. The van der Waals surface area contributed by atoms with Crippen LogP contribution in [0.3, 0.4) is 0 Å². The van der Waals surface area contributed by atoms with Gasteiger partial charge in [0.1, 0.15) is 0 Å². The largest absolute Gasteiger partial charge is 0.393 e. The van der Waals surface area contributed by atoms with Crippen LogP contribution >= 0.6 is 0 Å². The van der Waals surface area contributed by atoms with Gasteiger partial charge >= 0.3 is 0 Å². The molecule has 0 radical (unpaired) electrons. The van der Waals surface area contributed by atoms with E-state index < -0.39 is 0 Å². The maximum atomic E-state index is 10.3. The van der Waals surface area contributed by atoms with Crippen molar-refractivity contribution in [2.45, 2.75) is 118 Å². The molecule has 5 rings (SSSR count). The zero-order valence-corrected chi connectivity index (χ0v) is 21.4. The van der Waals surface area contributed by atoms with Crippen molar-refractivity contribution in [1.82, 2.24) is 0 Å². The fourth-order valence-corrected chi connectivity index (χ4v) is 10.3. The van der Waals surface area contributed by atoms with Crippen LogP contribution in [-0.4, -0.2) is 11.2 Å². The predicted molar refractivity (Wildman–Crippen MR) is 131 cm³/mol. The van der Waals surface area contributed by atoms with Gasteiger partial charge in [-0.2, -0.15) is 0 Å². The Labute approximate surface area is 192 Å². The van der Waals surface area contributed by atoms with Gasteiger partial charge < -0.3 is 5.11 Å². The van der Waals surface area contributed by atoms with Gasteiger partial charge in [0, 0.05) is 0 Å². The summed E-state index contributed by atoms with van der Waals surface area (Å²) in [4.78, 5) is 0. The lowest BCUT2D eigenvalue weighted by atomic mass is 9.47. The average Bonchev–Trinajstić information content (AvgIpc) is 3.25. The van der Waals surface area contributed by atoms with Gasteiger partial charge in [-0.05, 0) is 128 Å². The summed E-state index contributed by atoms with van der Waals surface area (Å²) >= 11 is 0. The van der Waals surface area contributed by atoms with E-state index in [1.807, 2.05) is 0 Å². The quantitative estimate of drug-likeness (QED) is 0.441. The Morgan fingerprint density at radius 1 is 1.03 bits per heavy atom. The van der Waals surface area contributed by atoms with Crippen molar-refractivity contribution in [1.29, 1.82) is 0 Å². The molecule has 0 amide bonds. The van der Waals surface area contributed by atoms with Crippen LogP contribution in [-0.2, 0) is 0 Å². The lowest BCUT2D eigenvalue weighted by Crippen LogP contribution is -2.50. The molecule has 0 aromatic rings. The Balaban J connectivity index is 1.30. The zero-order valence-electron chi connectivity index (χ0n) is 21.4. The molecule has 176 valence electrons. The van der Waals surface area contributed by atoms with E-state index in [1.54, 1.807) is 5.57 Å². The number of rotatable bonds is 5. The van der Waals surface area contributed by atoms with Gasteiger partial charge in [-0.1, -0.05) is 53.2 Å². The molecular weight excluding hydrogens is 376 g/mol. The summed E-state index contributed by atoms with van der Waals surface area (Å²) in [6, 6.07) is 0. The Bertz CT molecular complexity index is 722. The maximum absolute atomic E-state index is 10.3. The Kier molecular flexibility index (Phi) is 5.52. The molecule has 5 aliphatic carbocycles. The van der Waals surface area contributed by atoms with Gasteiger partial charge in [0.2, 0.25) is 0 Å². The number of fused-ring (bicyclic) bond motifs is 5. The second kappa shape index (κ2) is 7.61. The van der Waals surface area contributed by atoms with E-state index in [4.69, 9.17) is 0 Å². The lowest BCUT2D eigenvalue weighted by Gasteiger charge is -2.58. The minimum atomic E-state index is -0.0789. The summed E-state index contributed by atoms with van der Waals surface area (Å²) in [5, 5.41) is 10.3.